The van der Waals surface area contributed by atoms with Gasteiger partial charge in [-0.25, -0.2) is 10.0 Å². The van der Waals surface area contributed by atoms with E-state index in [0.717, 1.165) is 52.8 Å². The van der Waals surface area contributed by atoms with Gasteiger partial charge in [-0.1, -0.05) is 72.6 Å². The van der Waals surface area contributed by atoms with Gasteiger partial charge in [0.15, 0.2) is 0 Å². The molecule has 0 aliphatic heterocycles. The molecule has 2 aromatic heterocycles. The fourth-order valence-corrected chi connectivity index (χ4v) is 5.50. The predicted molar refractivity (Wildman–Crippen MR) is 187 cm³/mol. The van der Waals surface area contributed by atoms with Gasteiger partial charge >= 0.3 is 0 Å². The van der Waals surface area contributed by atoms with Gasteiger partial charge in [0.2, 0.25) is 0 Å². The van der Waals surface area contributed by atoms with E-state index in [1.165, 1.54) is 48.8 Å². The minimum absolute atomic E-state index is 0. The summed E-state index contributed by atoms with van der Waals surface area (Å²) >= 11 is 0. The molecule has 1 saturated carbocycles. The first-order valence-electron chi connectivity index (χ1n) is 16.1. The number of aliphatic imine (C=N–C) groups is 1. The Morgan fingerprint density at radius 1 is 1.09 bits per heavy atom. The van der Waals surface area contributed by atoms with Gasteiger partial charge in [-0.3, -0.25) is 0 Å². The number of hydrazine groups is 1. The average molecular weight is 589 g/mol. The van der Waals surface area contributed by atoms with E-state index in [2.05, 4.69) is 75.9 Å². The minimum atomic E-state index is 0. The molecular weight excluding hydrogens is 532 g/mol. The van der Waals surface area contributed by atoms with Gasteiger partial charge < -0.3 is 14.9 Å². The van der Waals surface area contributed by atoms with E-state index in [0.29, 0.717) is 6.04 Å². The quantitative estimate of drug-likeness (QED) is 0.153. The van der Waals surface area contributed by atoms with Crippen LogP contribution in [0.2, 0.25) is 0 Å². The summed E-state index contributed by atoms with van der Waals surface area (Å²) in [7, 11) is 7.95. The summed E-state index contributed by atoms with van der Waals surface area (Å²) in [6.45, 7) is 16.6. The number of hydrogen-bond donors (Lipinski definition) is 1. The summed E-state index contributed by atoms with van der Waals surface area (Å²) in [6.07, 6.45) is 12.2. The van der Waals surface area contributed by atoms with Crippen LogP contribution in [0.25, 0.3) is 22.7 Å². The first kappa shape index (κ1) is 33.8. The Morgan fingerprint density at radius 3 is 2.33 bits per heavy atom. The summed E-state index contributed by atoms with van der Waals surface area (Å²) in [6, 6.07) is 9.23. The van der Waals surface area contributed by atoms with Crippen LogP contribution in [0.1, 0.15) is 104 Å². The molecule has 0 amide bonds. The highest BCUT2D eigenvalue weighted by atomic mass is 15.6. The molecule has 0 unspecified atom stereocenters. The van der Waals surface area contributed by atoms with Crippen LogP contribution < -0.4 is 5.32 Å². The zero-order valence-corrected chi connectivity index (χ0v) is 28.3. The van der Waals surface area contributed by atoms with Crippen LogP contribution in [-0.2, 0) is 13.5 Å². The van der Waals surface area contributed by atoms with Crippen molar-refractivity contribution in [2.75, 3.05) is 26.5 Å². The van der Waals surface area contributed by atoms with Crippen molar-refractivity contribution in [1.82, 2.24) is 29.6 Å². The number of aryl methyl sites for hydroxylation is 2. The first-order chi connectivity index (χ1) is 20.8. The Labute approximate surface area is 261 Å². The first-order valence-corrected chi connectivity index (χ1v) is 16.1. The molecule has 0 spiro atoms. The van der Waals surface area contributed by atoms with E-state index < -0.39 is 0 Å². The zero-order chi connectivity index (χ0) is 31.7. The second-order valence-corrected chi connectivity index (χ2v) is 10.9. The number of hydrogen-bond acceptors (Lipinski definition) is 5. The molecule has 2 heterocycles. The van der Waals surface area contributed by atoms with Crippen molar-refractivity contribution in [2.24, 2.45) is 12.0 Å². The zero-order valence-electron chi connectivity index (χ0n) is 28.3. The monoisotopic (exact) mass is 588 g/mol. The lowest BCUT2D eigenvalue weighted by molar-refractivity contribution is 0.131. The molecule has 2 aliphatic carbocycles. The smallest absolute Gasteiger partial charge is 0.138 e. The second-order valence-electron chi connectivity index (χ2n) is 10.9. The van der Waals surface area contributed by atoms with Crippen molar-refractivity contribution in [1.29, 1.82) is 0 Å². The molecule has 1 aromatic carbocycles. The van der Waals surface area contributed by atoms with Crippen molar-refractivity contribution in [2.45, 2.75) is 92.5 Å². The average Bonchev–Trinajstić information content (AvgIpc) is 3.69. The SMILES string of the molecule is C=C(c1ccc(N/C(C)=N/c2c(CC)cc(-c3cnn(C)n3)n2C2CCCCC2)c(C2=CC2)c1)N(C)N(C)C.CC.CC.[HH]. The number of nitrogens with zero attached hydrogens (tertiary/aromatic N) is 7. The van der Waals surface area contributed by atoms with Crippen molar-refractivity contribution in [3.05, 3.63) is 59.8 Å². The highest BCUT2D eigenvalue weighted by Crippen LogP contribution is 2.41. The normalized spacial score (nSPS) is 14.8. The number of benzene rings is 1. The lowest BCUT2D eigenvalue weighted by Crippen LogP contribution is -2.31. The predicted octanol–water partition coefficient (Wildman–Crippen LogP) is 8.98. The Morgan fingerprint density at radius 2 is 1.77 bits per heavy atom. The molecule has 43 heavy (non-hydrogen) atoms. The molecule has 0 saturated heterocycles. The van der Waals surface area contributed by atoms with E-state index in [1.54, 1.807) is 4.80 Å². The number of amidine groups is 1. The maximum Gasteiger partial charge on any atom is 0.138 e. The molecule has 3 aromatic rings. The third-order valence-corrected chi connectivity index (χ3v) is 7.96. The molecule has 1 fully saturated rings. The number of rotatable bonds is 9. The number of aromatic nitrogens is 4. The topological polar surface area (TPSA) is 66.5 Å². The minimum Gasteiger partial charge on any atom is -0.343 e. The van der Waals surface area contributed by atoms with Crippen LogP contribution in [0.15, 0.2) is 48.1 Å². The van der Waals surface area contributed by atoms with Crippen molar-refractivity contribution in [3.63, 3.8) is 0 Å². The fraction of sp³-hybridized carbons (Fsp3) is 0.514. The molecule has 0 radical (unpaired) electrons. The molecule has 2 aliphatic rings. The number of nitrogens with one attached hydrogen (secondary N) is 1. The van der Waals surface area contributed by atoms with E-state index >= 15 is 0 Å². The lowest BCUT2D eigenvalue weighted by Gasteiger charge is -2.28. The molecule has 0 atom stereocenters. The highest BCUT2D eigenvalue weighted by Gasteiger charge is 2.25. The van der Waals surface area contributed by atoms with Crippen LogP contribution >= 0.6 is 0 Å². The second kappa shape index (κ2) is 15.7. The molecule has 8 heteroatoms. The fourth-order valence-electron chi connectivity index (χ4n) is 5.50. The molecule has 0 bridgehead atoms. The summed E-state index contributed by atoms with van der Waals surface area (Å²) in [5.74, 6) is 1.92. The standard InChI is InChI=1S/C31H42N8.2C2H6.H2/c1-8-23-19-30(29-20-32-38(7)35-29)39(26-12-10-9-11-13-26)31(23)34-22(3)33-28-17-16-25(18-27(28)24-14-15-24)21(2)37(6)36(4)5;2*1-2;/h14,16-20,26H,2,8-13,15H2,1,3-7H3,(H,33,34);2*1-2H3;1H. The Hall–Kier alpha value is -3.65. The van der Waals surface area contributed by atoms with Crippen molar-refractivity contribution >= 4 is 28.6 Å². The molecule has 1 N–H and O–H groups in total. The van der Waals surface area contributed by atoms with E-state index in [-0.39, 0.29) is 1.43 Å². The van der Waals surface area contributed by atoms with Crippen LogP contribution in [-0.4, -0.2) is 56.6 Å². The summed E-state index contributed by atoms with van der Waals surface area (Å²) in [4.78, 5) is 6.88. The van der Waals surface area contributed by atoms with Gasteiger partial charge in [-0.2, -0.15) is 15.0 Å². The van der Waals surface area contributed by atoms with Gasteiger partial charge in [-0.15, -0.1) is 0 Å². The summed E-state index contributed by atoms with van der Waals surface area (Å²) < 4.78 is 2.45. The van der Waals surface area contributed by atoms with Gasteiger partial charge in [0.25, 0.3) is 0 Å². The lowest BCUT2D eigenvalue weighted by atomic mass is 9.95. The van der Waals surface area contributed by atoms with Gasteiger partial charge in [0.05, 0.1) is 17.6 Å². The van der Waals surface area contributed by atoms with E-state index in [4.69, 9.17) is 4.99 Å². The number of allylic oxidation sites excluding steroid dienone is 2. The summed E-state index contributed by atoms with van der Waals surface area (Å²) in [5.41, 5.74) is 9.00. The van der Waals surface area contributed by atoms with E-state index in [9.17, 15) is 0 Å². The maximum atomic E-state index is 5.24. The largest absolute Gasteiger partial charge is 0.343 e. The Balaban J connectivity index is 0.00000130. The van der Waals surface area contributed by atoms with Gasteiger partial charge in [-0.05, 0) is 67.5 Å². The summed E-state index contributed by atoms with van der Waals surface area (Å²) in [5, 5.41) is 16.7. The Bertz CT molecular complexity index is 1420. The molecule has 236 valence electrons. The Kier molecular flexibility index (Phi) is 12.4. The van der Waals surface area contributed by atoms with Crippen LogP contribution in [0.3, 0.4) is 0 Å². The van der Waals surface area contributed by atoms with Crippen LogP contribution in [0.5, 0.6) is 0 Å². The molecular formula is C35H56N8. The maximum absolute atomic E-state index is 5.24. The number of anilines is 1. The van der Waals surface area contributed by atoms with Gasteiger partial charge in [0.1, 0.15) is 17.3 Å². The van der Waals surface area contributed by atoms with Gasteiger partial charge in [0, 0.05) is 46.9 Å². The molecule has 8 nitrogen and oxygen atoms in total. The third-order valence-electron chi connectivity index (χ3n) is 7.96. The van der Waals surface area contributed by atoms with Crippen LogP contribution in [0, 0.1) is 0 Å². The highest BCUT2D eigenvalue weighted by molar-refractivity contribution is 5.99. The third kappa shape index (κ3) is 8.05. The van der Waals surface area contributed by atoms with Crippen LogP contribution in [0.4, 0.5) is 11.5 Å². The van der Waals surface area contributed by atoms with Crippen molar-refractivity contribution < 1.29 is 1.43 Å². The van der Waals surface area contributed by atoms with Crippen molar-refractivity contribution in [3.8, 4) is 11.4 Å². The molecule has 5 rings (SSSR count). The van der Waals surface area contributed by atoms with E-state index in [1.807, 2.05) is 67.1 Å².